The Morgan fingerprint density at radius 3 is 1.60 bits per heavy atom. The minimum absolute atomic E-state index is 0.0221. The first kappa shape index (κ1) is 5.58. The maximum absolute atomic E-state index is 12.4. The van der Waals surface area contributed by atoms with E-state index in [1.165, 1.54) is 6.07 Å². The van der Waals surface area contributed by atoms with E-state index in [-0.39, 0.29) is 11.4 Å². The molecular formula is C6H2F3N. The zero-order valence-electron chi connectivity index (χ0n) is 4.71. The Kier molecular flexibility index (Phi) is 0.809. The molecule has 1 N–H and O–H groups in total. The van der Waals surface area contributed by atoms with E-state index >= 15 is 0 Å². The molecular weight excluding hydrogens is 143 g/mol. The van der Waals surface area contributed by atoms with Gasteiger partial charge in [-0.3, -0.25) is 0 Å². The fourth-order valence-electron chi connectivity index (χ4n) is 0.853. The minimum Gasteiger partial charge on any atom is -0.350 e. The van der Waals surface area contributed by atoms with E-state index in [0.29, 0.717) is 0 Å². The Morgan fingerprint density at radius 1 is 0.900 bits per heavy atom. The summed E-state index contributed by atoms with van der Waals surface area (Å²) in [5.41, 5.74) is 0.0443. The third-order valence-corrected chi connectivity index (χ3v) is 1.42. The SMILES string of the molecule is Fc1c2cc(c(F)c1F)N2. The molecule has 2 aliphatic heterocycles. The molecule has 10 heavy (non-hydrogen) atoms. The van der Waals surface area contributed by atoms with Crippen LogP contribution in [0.15, 0.2) is 6.07 Å². The number of fused-ring (bicyclic) bond motifs is 2. The monoisotopic (exact) mass is 145 g/mol. The van der Waals surface area contributed by atoms with Crippen LogP contribution in [0.1, 0.15) is 0 Å². The van der Waals surface area contributed by atoms with E-state index in [0.717, 1.165) is 0 Å². The van der Waals surface area contributed by atoms with Crippen LogP contribution in [0.3, 0.4) is 0 Å². The van der Waals surface area contributed by atoms with Gasteiger partial charge in [0, 0.05) is 0 Å². The molecule has 4 heteroatoms. The molecule has 2 heterocycles. The minimum atomic E-state index is -1.40. The Morgan fingerprint density at radius 2 is 1.30 bits per heavy atom. The van der Waals surface area contributed by atoms with E-state index in [4.69, 9.17) is 0 Å². The molecule has 0 saturated carbocycles. The molecule has 0 aromatic heterocycles. The van der Waals surface area contributed by atoms with Crippen molar-refractivity contribution in [3.63, 3.8) is 0 Å². The number of halogens is 3. The molecule has 1 nitrogen and oxygen atoms in total. The zero-order valence-corrected chi connectivity index (χ0v) is 4.71. The Hall–Kier alpha value is -1.19. The molecule has 0 aliphatic carbocycles. The van der Waals surface area contributed by atoms with Crippen molar-refractivity contribution in [2.45, 2.75) is 0 Å². The molecule has 0 spiro atoms. The van der Waals surface area contributed by atoms with Crippen molar-refractivity contribution in [1.82, 2.24) is 0 Å². The van der Waals surface area contributed by atoms with Crippen molar-refractivity contribution >= 4 is 11.4 Å². The van der Waals surface area contributed by atoms with Gasteiger partial charge in [0.2, 0.25) is 0 Å². The average molecular weight is 145 g/mol. The topological polar surface area (TPSA) is 12.0 Å². The van der Waals surface area contributed by atoms with E-state index in [1.807, 2.05) is 0 Å². The number of hydrogen-bond donors (Lipinski definition) is 1. The molecule has 0 atom stereocenters. The summed E-state index contributed by atoms with van der Waals surface area (Å²) in [7, 11) is 0. The van der Waals surface area contributed by atoms with Gasteiger partial charge < -0.3 is 5.32 Å². The Bertz CT molecular complexity index is 276. The highest BCUT2D eigenvalue weighted by Crippen LogP contribution is 2.36. The molecule has 0 fully saturated rings. The van der Waals surface area contributed by atoms with Crippen LogP contribution in [0.25, 0.3) is 0 Å². The molecule has 3 rings (SSSR count). The summed E-state index contributed by atoms with van der Waals surface area (Å²) in [5.74, 6) is -3.69. The molecule has 0 amide bonds. The third-order valence-electron chi connectivity index (χ3n) is 1.42. The smallest absolute Gasteiger partial charge is 0.198 e. The van der Waals surface area contributed by atoms with Crippen molar-refractivity contribution in [1.29, 1.82) is 0 Å². The van der Waals surface area contributed by atoms with Crippen molar-refractivity contribution in [2.24, 2.45) is 0 Å². The van der Waals surface area contributed by atoms with Gasteiger partial charge in [-0.1, -0.05) is 0 Å². The van der Waals surface area contributed by atoms with E-state index < -0.39 is 17.5 Å². The fraction of sp³-hybridized carbons (Fsp3) is 0. The quantitative estimate of drug-likeness (QED) is 0.560. The molecule has 0 saturated heterocycles. The highest BCUT2D eigenvalue weighted by atomic mass is 19.2. The van der Waals surface area contributed by atoms with Gasteiger partial charge in [-0.05, 0) is 6.07 Å². The van der Waals surface area contributed by atoms with Crippen LogP contribution in [0.2, 0.25) is 0 Å². The molecule has 2 bridgehead atoms. The first-order valence-corrected chi connectivity index (χ1v) is 2.64. The van der Waals surface area contributed by atoms with Crippen LogP contribution in [0.4, 0.5) is 24.5 Å². The summed E-state index contributed by atoms with van der Waals surface area (Å²) in [6.45, 7) is 0. The van der Waals surface area contributed by atoms with Gasteiger partial charge in [0.05, 0.1) is 11.4 Å². The van der Waals surface area contributed by atoms with Crippen molar-refractivity contribution in [3.8, 4) is 0 Å². The van der Waals surface area contributed by atoms with Gasteiger partial charge in [0.15, 0.2) is 17.5 Å². The Balaban J connectivity index is 2.77. The highest BCUT2D eigenvalue weighted by Gasteiger charge is 2.25. The number of hydrogen-bond acceptors (Lipinski definition) is 1. The summed E-state index contributed by atoms with van der Waals surface area (Å²) in [6.07, 6.45) is 0. The van der Waals surface area contributed by atoms with Crippen LogP contribution < -0.4 is 5.32 Å². The molecule has 1 aromatic rings. The van der Waals surface area contributed by atoms with E-state index in [9.17, 15) is 13.2 Å². The Labute approximate surface area is 54.5 Å². The molecule has 2 aliphatic rings. The van der Waals surface area contributed by atoms with Gasteiger partial charge in [0.1, 0.15) is 0 Å². The third kappa shape index (κ3) is 0.442. The van der Waals surface area contributed by atoms with Gasteiger partial charge in [-0.25, -0.2) is 13.2 Å². The fourth-order valence-corrected chi connectivity index (χ4v) is 0.853. The van der Waals surface area contributed by atoms with Crippen molar-refractivity contribution in [2.75, 3.05) is 5.32 Å². The predicted molar refractivity (Wildman–Crippen MR) is 29.6 cm³/mol. The first-order valence-electron chi connectivity index (χ1n) is 2.64. The van der Waals surface area contributed by atoms with E-state index in [2.05, 4.69) is 5.32 Å². The largest absolute Gasteiger partial charge is 0.350 e. The lowest BCUT2D eigenvalue weighted by Crippen LogP contribution is -2.10. The number of rotatable bonds is 0. The lowest BCUT2D eigenvalue weighted by atomic mass is 10.1. The molecule has 0 radical (unpaired) electrons. The standard InChI is InChI=1S/C6H2F3N/c7-4-2-1-3(10-2)5(8)6(4)9/h1,10H. The van der Waals surface area contributed by atoms with Crippen LogP contribution >= 0.6 is 0 Å². The van der Waals surface area contributed by atoms with Gasteiger partial charge >= 0.3 is 0 Å². The summed E-state index contributed by atoms with van der Waals surface area (Å²) in [5, 5.41) is 2.30. The predicted octanol–water partition coefficient (Wildman–Crippen LogP) is 2.16. The summed E-state index contributed by atoms with van der Waals surface area (Å²) in [6, 6.07) is 1.22. The van der Waals surface area contributed by atoms with Crippen LogP contribution in [0, 0.1) is 17.5 Å². The normalized spacial score (nSPS) is 12.3. The molecule has 0 unspecified atom stereocenters. The second-order valence-electron chi connectivity index (χ2n) is 2.04. The zero-order chi connectivity index (χ0) is 7.30. The van der Waals surface area contributed by atoms with Crippen LogP contribution in [-0.2, 0) is 0 Å². The van der Waals surface area contributed by atoms with Crippen molar-refractivity contribution in [3.05, 3.63) is 23.5 Å². The first-order chi connectivity index (χ1) is 4.70. The van der Waals surface area contributed by atoms with Crippen LogP contribution in [0.5, 0.6) is 0 Å². The molecule has 1 aromatic carbocycles. The van der Waals surface area contributed by atoms with Gasteiger partial charge in [-0.2, -0.15) is 0 Å². The number of nitrogens with one attached hydrogen (secondary N) is 1. The summed E-state index contributed by atoms with van der Waals surface area (Å²) in [4.78, 5) is 0. The second kappa shape index (κ2) is 1.45. The lowest BCUT2D eigenvalue weighted by Gasteiger charge is -2.19. The molecule has 52 valence electrons. The summed E-state index contributed by atoms with van der Waals surface area (Å²) < 4.78 is 37.0. The van der Waals surface area contributed by atoms with Gasteiger partial charge in [-0.15, -0.1) is 0 Å². The number of benzene rings is 1. The van der Waals surface area contributed by atoms with E-state index in [1.54, 1.807) is 0 Å². The van der Waals surface area contributed by atoms with Crippen LogP contribution in [-0.4, -0.2) is 0 Å². The summed E-state index contributed by atoms with van der Waals surface area (Å²) >= 11 is 0. The second-order valence-corrected chi connectivity index (χ2v) is 2.04. The highest BCUT2D eigenvalue weighted by molar-refractivity contribution is 5.75. The van der Waals surface area contributed by atoms with Crippen molar-refractivity contribution < 1.29 is 13.2 Å². The maximum Gasteiger partial charge on any atom is 0.198 e. The maximum atomic E-state index is 12.4. The lowest BCUT2D eigenvalue weighted by molar-refractivity contribution is 0.446. The number of anilines is 2. The van der Waals surface area contributed by atoms with Gasteiger partial charge in [0.25, 0.3) is 0 Å². The average Bonchev–Trinajstić information content (AvgIpc) is 1.78.